The highest BCUT2D eigenvalue weighted by atomic mass is 35.5. The molecular weight excluding hydrogens is 322 g/mol. The molecule has 0 saturated carbocycles. The number of H-pyrrole nitrogens is 1. The number of halogens is 1. The van der Waals surface area contributed by atoms with E-state index in [1.165, 1.54) is 5.56 Å². The molecule has 122 valence electrons. The summed E-state index contributed by atoms with van der Waals surface area (Å²) in [6.45, 7) is 4.23. The van der Waals surface area contributed by atoms with Crippen molar-refractivity contribution in [3.8, 4) is 11.3 Å². The van der Waals surface area contributed by atoms with Gasteiger partial charge in [0.25, 0.3) is 5.91 Å². The number of nitrogens with zero attached hydrogens (tertiary/aromatic N) is 1. The van der Waals surface area contributed by atoms with Crippen LogP contribution in [0.5, 0.6) is 0 Å². The number of carbonyl (C=O) groups is 1. The van der Waals surface area contributed by atoms with E-state index in [-0.39, 0.29) is 5.91 Å². The van der Waals surface area contributed by atoms with Crippen molar-refractivity contribution < 1.29 is 4.79 Å². The second kappa shape index (κ2) is 6.89. The van der Waals surface area contributed by atoms with Crippen LogP contribution in [0.15, 0.2) is 54.6 Å². The maximum atomic E-state index is 12.4. The molecule has 1 amide bonds. The van der Waals surface area contributed by atoms with Crippen LogP contribution in [-0.4, -0.2) is 16.1 Å². The molecule has 0 fully saturated rings. The van der Waals surface area contributed by atoms with Crippen molar-refractivity contribution in [3.63, 3.8) is 0 Å². The van der Waals surface area contributed by atoms with Crippen LogP contribution in [0.25, 0.3) is 11.3 Å². The first-order valence-electron chi connectivity index (χ1n) is 7.76. The second-order valence-electron chi connectivity index (χ2n) is 5.88. The fraction of sp³-hybridized carbons (Fsp3) is 0.158. The highest BCUT2D eigenvalue weighted by molar-refractivity contribution is 6.33. The standard InChI is InChI=1S/C19H18ClN3O/c1-12(2)13-6-5-7-14(10-13)21-19(24)18-11-17(22-23-18)15-8-3-4-9-16(15)20/h3-12H,1-2H3,(H,21,24)(H,22,23). The number of aromatic amines is 1. The molecular formula is C19H18ClN3O. The number of anilines is 1. The smallest absolute Gasteiger partial charge is 0.273 e. The van der Waals surface area contributed by atoms with Gasteiger partial charge in [0.05, 0.1) is 10.7 Å². The lowest BCUT2D eigenvalue weighted by atomic mass is 10.0. The summed E-state index contributed by atoms with van der Waals surface area (Å²) in [6.07, 6.45) is 0. The summed E-state index contributed by atoms with van der Waals surface area (Å²) < 4.78 is 0. The number of rotatable bonds is 4. The summed E-state index contributed by atoms with van der Waals surface area (Å²) in [6, 6.07) is 16.9. The lowest BCUT2D eigenvalue weighted by Gasteiger charge is -2.08. The van der Waals surface area contributed by atoms with E-state index in [0.717, 1.165) is 11.3 Å². The van der Waals surface area contributed by atoms with Gasteiger partial charge in [0.15, 0.2) is 0 Å². The number of amides is 1. The Balaban J connectivity index is 1.79. The maximum absolute atomic E-state index is 12.4. The summed E-state index contributed by atoms with van der Waals surface area (Å²) in [4.78, 5) is 12.4. The molecule has 3 rings (SSSR count). The molecule has 1 aromatic heterocycles. The third kappa shape index (κ3) is 3.49. The third-order valence-corrected chi connectivity index (χ3v) is 4.11. The SMILES string of the molecule is CC(C)c1cccc(NC(=O)c2cc(-c3ccccc3Cl)n[nH]2)c1. The summed E-state index contributed by atoms with van der Waals surface area (Å²) in [5.74, 6) is 0.169. The molecule has 2 N–H and O–H groups in total. The zero-order valence-corrected chi connectivity index (χ0v) is 14.3. The Hall–Kier alpha value is -2.59. The lowest BCUT2D eigenvalue weighted by molar-refractivity contribution is 0.102. The van der Waals surface area contributed by atoms with E-state index in [2.05, 4.69) is 29.4 Å². The van der Waals surface area contributed by atoms with Crippen LogP contribution in [0, 0.1) is 0 Å². The predicted molar refractivity (Wildman–Crippen MR) is 97.5 cm³/mol. The van der Waals surface area contributed by atoms with E-state index in [1.54, 1.807) is 12.1 Å². The molecule has 3 aromatic rings. The van der Waals surface area contributed by atoms with Gasteiger partial charge in [-0.3, -0.25) is 9.89 Å². The van der Waals surface area contributed by atoms with Gasteiger partial charge < -0.3 is 5.32 Å². The van der Waals surface area contributed by atoms with Crippen LogP contribution in [0.3, 0.4) is 0 Å². The third-order valence-electron chi connectivity index (χ3n) is 3.78. The Morgan fingerprint density at radius 1 is 1.12 bits per heavy atom. The maximum Gasteiger partial charge on any atom is 0.273 e. The summed E-state index contributed by atoms with van der Waals surface area (Å²) in [7, 11) is 0. The number of aromatic nitrogens is 2. The Labute approximate surface area is 145 Å². The molecule has 0 aliphatic rings. The molecule has 4 nitrogen and oxygen atoms in total. The Kier molecular flexibility index (Phi) is 4.67. The summed E-state index contributed by atoms with van der Waals surface area (Å²) in [5.41, 5.74) is 3.76. The quantitative estimate of drug-likeness (QED) is 0.694. The van der Waals surface area contributed by atoms with E-state index in [9.17, 15) is 4.79 Å². The number of nitrogens with one attached hydrogen (secondary N) is 2. The first-order chi connectivity index (χ1) is 11.5. The topological polar surface area (TPSA) is 57.8 Å². The number of carbonyl (C=O) groups excluding carboxylic acids is 1. The van der Waals surface area contributed by atoms with Crippen molar-refractivity contribution in [1.29, 1.82) is 0 Å². The molecule has 5 heteroatoms. The van der Waals surface area contributed by atoms with Gasteiger partial charge in [-0.2, -0.15) is 5.10 Å². The van der Waals surface area contributed by atoms with Crippen molar-refractivity contribution in [2.24, 2.45) is 0 Å². The number of hydrogen-bond donors (Lipinski definition) is 2. The molecule has 24 heavy (non-hydrogen) atoms. The molecule has 0 bridgehead atoms. The molecule has 0 radical (unpaired) electrons. The van der Waals surface area contributed by atoms with Crippen molar-refractivity contribution >= 4 is 23.2 Å². The van der Waals surface area contributed by atoms with Gasteiger partial charge in [-0.1, -0.05) is 55.8 Å². The van der Waals surface area contributed by atoms with Crippen LogP contribution < -0.4 is 5.32 Å². The van der Waals surface area contributed by atoms with Crippen LogP contribution >= 0.6 is 11.6 Å². The first-order valence-corrected chi connectivity index (χ1v) is 8.14. The number of benzene rings is 2. The van der Waals surface area contributed by atoms with Gasteiger partial charge in [-0.25, -0.2) is 0 Å². The van der Waals surface area contributed by atoms with Gasteiger partial charge in [0.1, 0.15) is 5.69 Å². The van der Waals surface area contributed by atoms with Gasteiger partial charge in [0, 0.05) is 11.3 Å². The van der Waals surface area contributed by atoms with Gasteiger partial charge in [0.2, 0.25) is 0 Å². The normalized spacial score (nSPS) is 10.8. The summed E-state index contributed by atoms with van der Waals surface area (Å²) >= 11 is 6.17. The molecule has 0 aliphatic heterocycles. The zero-order valence-electron chi connectivity index (χ0n) is 13.5. The van der Waals surface area contributed by atoms with E-state index >= 15 is 0 Å². The molecule has 0 saturated heterocycles. The second-order valence-corrected chi connectivity index (χ2v) is 6.29. The molecule has 2 aromatic carbocycles. The molecule has 1 heterocycles. The molecule has 0 spiro atoms. The monoisotopic (exact) mass is 339 g/mol. The van der Waals surface area contributed by atoms with E-state index in [1.807, 2.05) is 42.5 Å². The van der Waals surface area contributed by atoms with Crippen molar-refractivity contribution in [1.82, 2.24) is 10.2 Å². The largest absolute Gasteiger partial charge is 0.321 e. The molecule has 0 unspecified atom stereocenters. The van der Waals surface area contributed by atoms with Gasteiger partial charge in [-0.15, -0.1) is 0 Å². The van der Waals surface area contributed by atoms with Crippen molar-refractivity contribution in [3.05, 3.63) is 70.9 Å². The predicted octanol–water partition coefficient (Wildman–Crippen LogP) is 5.11. The van der Waals surface area contributed by atoms with Gasteiger partial charge in [-0.05, 0) is 35.7 Å². The van der Waals surface area contributed by atoms with E-state index in [4.69, 9.17) is 11.6 Å². The fourth-order valence-electron chi connectivity index (χ4n) is 2.42. The first kappa shape index (κ1) is 16.3. The average Bonchev–Trinajstić information content (AvgIpc) is 3.05. The Morgan fingerprint density at radius 2 is 1.92 bits per heavy atom. The lowest BCUT2D eigenvalue weighted by Crippen LogP contribution is -2.12. The minimum Gasteiger partial charge on any atom is -0.321 e. The number of hydrogen-bond acceptors (Lipinski definition) is 2. The average molecular weight is 340 g/mol. The molecule has 0 aliphatic carbocycles. The van der Waals surface area contributed by atoms with Crippen LogP contribution in [0.2, 0.25) is 5.02 Å². The van der Waals surface area contributed by atoms with Crippen LogP contribution in [-0.2, 0) is 0 Å². The molecule has 0 atom stereocenters. The van der Waals surface area contributed by atoms with Crippen molar-refractivity contribution in [2.45, 2.75) is 19.8 Å². The Morgan fingerprint density at radius 3 is 2.67 bits per heavy atom. The Bertz CT molecular complexity index is 870. The summed E-state index contributed by atoms with van der Waals surface area (Å²) in [5, 5.41) is 10.4. The van der Waals surface area contributed by atoms with Crippen molar-refractivity contribution in [2.75, 3.05) is 5.32 Å². The minimum absolute atomic E-state index is 0.235. The zero-order chi connectivity index (χ0) is 17.1. The highest BCUT2D eigenvalue weighted by Gasteiger charge is 2.13. The van der Waals surface area contributed by atoms with Crippen LogP contribution in [0.4, 0.5) is 5.69 Å². The highest BCUT2D eigenvalue weighted by Crippen LogP contribution is 2.26. The fourth-order valence-corrected chi connectivity index (χ4v) is 2.65. The van der Waals surface area contributed by atoms with Crippen LogP contribution in [0.1, 0.15) is 35.8 Å². The van der Waals surface area contributed by atoms with E-state index in [0.29, 0.717) is 22.3 Å². The van der Waals surface area contributed by atoms with Gasteiger partial charge >= 0.3 is 0 Å². The van der Waals surface area contributed by atoms with E-state index < -0.39 is 0 Å². The minimum atomic E-state index is -0.235.